The molecule has 0 saturated carbocycles. The Balaban J connectivity index is 1.65. The predicted molar refractivity (Wildman–Crippen MR) is 141 cm³/mol. The van der Waals surface area contributed by atoms with E-state index in [1.165, 1.54) is 6.07 Å². The van der Waals surface area contributed by atoms with Crippen molar-refractivity contribution in [2.75, 3.05) is 11.9 Å². The van der Waals surface area contributed by atoms with Gasteiger partial charge in [-0.2, -0.15) is 0 Å². The van der Waals surface area contributed by atoms with E-state index >= 15 is 0 Å². The van der Waals surface area contributed by atoms with E-state index in [4.69, 9.17) is 0 Å². The van der Waals surface area contributed by atoms with Crippen molar-refractivity contribution >= 4 is 38.3 Å². The Labute approximate surface area is 210 Å². The molecule has 0 fully saturated rings. The number of hydrogen-bond donors (Lipinski definition) is 3. The normalized spacial score (nSPS) is 12.1. The van der Waals surface area contributed by atoms with Crippen molar-refractivity contribution < 1.29 is 18.0 Å². The fourth-order valence-corrected chi connectivity index (χ4v) is 5.26. The van der Waals surface area contributed by atoms with Gasteiger partial charge >= 0.3 is 0 Å². The lowest BCUT2D eigenvalue weighted by atomic mass is 10.0. The van der Waals surface area contributed by atoms with E-state index < -0.39 is 22.0 Å². The maximum absolute atomic E-state index is 13.5. The Hall–Kier alpha value is -4.01. The molecule has 0 heterocycles. The fourth-order valence-electron chi connectivity index (χ4n) is 4.00. The Morgan fingerprint density at radius 1 is 0.778 bits per heavy atom. The highest BCUT2D eigenvalue weighted by Crippen LogP contribution is 2.29. The molecule has 1 atom stereocenters. The molecule has 8 heteroatoms. The van der Waals surface area contributed by atoms with Gasteiger partial charge < -0.3 is 10.6 Å². The van der Waals surface area contributed by atoms with Gasteiger partial charge in [0, 0.05) is 35.0 Å². The molecule has 1 unspecified atom stereocenters. The molecule has 184 valence electrons. The number of amides is 2. The first-order valence-electron chi connectivity index (χ1n) is 11.6. The molecular weight excluding hydrogens is 474 g/mol. The zero-order valence-electron chi connectivity index (χ0n) is 19.8. The molecule has 7 nitrogen and oxygen atoms in total. The fraction of sp³-hybridized carbons (Fsp3) is 0.143. The van der Waals surface area contributed by atoms with Crippen LogP contribution in [0, 0.1) is 0 Å². The van der Waals surface area contributed by atoms with Crippen LogP contribution in [-0.4, -0.2) is 32.8 Å². The van der Waals surface area contributed by atoms with Gasteiger partial charge in [-0.3, -0.25) is 9.59 Å². The van der Waals surface area contributed by atoms with Crippen molar-refractivity contribution in [3.63, 3.8) is 0 Å². The molecule has 0 saturated heterocycles. The second kappa shape index (κ2) is 11.2. The highest BCUT2D eigenvalue weighted by atomic mass is 32.2. The highest BCUT2D eigenvalue weighted by molar-refractivity contribution is 7.89. The third-order valence-electron chi connectivity index (χ3n) is 5.70. The molecule has 4 aromatic carbocycles. The van der Waals surface area contributed by atoms with E-state index in [1.54, 1.807) is 61.5 Å². The minimum Gasteiger partial charge on any atom is -0.340 e. The van der Waals surface area contributed by atoms with Gasteiger partial charge in [0.05, 0.1) is 4.90 Å². The van der Waals surface area contributed by atoms with Crippen molar-refractivity contribution in [2.45, 2.75) is 24.3 Å². The van der Waals surface area contributed by atoms with Gasteiger partial charge in [-0.25, -0.2) is 13.1 Å². The van der Waals surface area contributed by atoms with E-state index in [1.807, 2.05) is 36.4 Å². The second-order valence-corrected chi connectivity index (χ2v) is 9.96. The van der Waals surface area contributed by atoms with Crippen LogP contribution in [0.3, 0.4) is 0 Å². The van der Waals surface area contributed by atoms with Crippen molar-refractivity contribution in [3.8, 4) is 0 Å². The molecule has 0 spiro atoms. The van der Waals surface area contributed by atoms with Crippen LogP contribution < -0.4 is 15.4 Å². The van der Waals surface area contributed by atoms with Crippen LogP contribution in [-0.2, 0) is 21.2 Å². The first-order valence-corrected chi connectivity index (χ1v) is 13.1. The van der Waals surface area contributed by atoms with Gasteiger partial charge in [-0.15, -0.1) is 0 Å². The molecule has 0 aromatic heterocycles. The summed E-state index contributed by atoms with van der Waals surface area (Å²) < 4.78 is 27.9. The molecule has 2 amide bonds. The largest absolute Gasteiger partial charge is 0.340 e. The van der Waals surface area contributed by atoms with Gasteiger partial charge in [-0.05, 0) is 29.8 Å². The minimum atomic E-state index is -3.71. The van der Waals surface area contributed by atoms with Crippen LogP contribution in [0.5, 0.6) is 0 Å². The van der Waals surface area contributed by atoms with E-state index in [9.17, 15) is 18.0 Å². The van der Waals surface area contributed by atoms with Crippen molar-refractivity contribution in [3.05, 3.63) is 108 Å². The standard InChI is InChI=1S/C28H27N3O4S/c1-2-29-36(34,35)26-18-10-15-22-23(26)16-9-17-24(22)30-28(33)25(19-20-11-5-3-6-12-20)31-27(32)21-13-7-4-8-14-21/h3-18,25,29H,2,19H2,1H3,(H,30,33)(H,31,32). The summed E-state index contributed by atoms with van der Waals surface area (Å²) in [5.74, 6) is -0.765. The van der Waals surface area contributed by atoms with Crippen molar-refractivity contribution in [2.24, 2.45) is 0 Å². The summed E-state index contributed by atoms with van der Waals surface area (Å²) in [5, 5.41) is 6.82. The lowest BCUT2D eigenvalue weighted by Crippen LogP contribution is -2.45. The van der Waals surface area contributed by atoms with Gasteiger partial charge in [0.25, 0.3) is 5.91 Å². The summed E-state index contributed by atoms with van der Waals surface area (Å²) in [6, 6.07) is 27.3. The molecule has 0 bridgehead atoms. The smallest absolute Gasteiger partial charge is 0.251 e. The number of benzene rings is 4. The number of rotatable bonds is 9. The minimum absolute atomic E-state index is 0.135. The second-order valence-electron chi connectivity index (χ2n) is 8.23. The molecule has 3 N–H and O–H groups in total. The van der Waals surface area contributed by atoms with Gasteiger partial charge in [0.1, 0.15) is 6.04 Å². The van der Waals surface area contributed by atoms with Crippen molar-refractivity contribution in [1.82, 2.24) is 10.0 Å². The quantitative estimate of drug-likeness (QED) is 0.321. The monoisotopic (exact) mass is 501 g/mol. The lowest BCUT2D eigenvalue weighted by molar-refractivity contribution is -0.118. The molecule has 4 aromatic rings. The summed E-state index contributed by atoms with van der Waals surface area (Å²) in [6.07, 6.45) is 0.288. The average molecular weight is 502 g/mol. The van der Waals surface area contributed by atoms with E-state index in [0.717, 1.165) is 5.56 Å². The maximum atomic E-state index is 13.5. The molecule has 0 aliphatic rings. The average Bonchev–Trinajstić information content (AvgIpc) is 2.89. The topological polar surface area (TPSA) is 104 Å². The van der Waals surface area contributed by atoms with Crippen LogP contribution in [0.4, 0.5) is 5.69 Å². The lowest BCUT2D eigenvalue weighted by Gasteiger charge is -2.20. The highest BCUT2D eigenvalue weighted by Gasteiger charge is 2.23. The molecule has 0 aliphatic carbocycles. The van der Waals surface area contributed by atoms with E-state index in [-0.39, 0.29) is 23.8 Å². The number of nitrogens with one attached hydrogen (secondary N) is 3. The third kappa shape index (κ3) is 5.79. The van der Waals surface area contributed by atoms with E-state index in [0.29, 0.717) is 22.0 Å². The van der Waals surface area contributed by atoms with Gasteiger partial charge in [0.15, 0.2) is 0 Å². The Morgan fingerprint density at radius 3 is 2.11 bits per heavy atom. The molecule has 36 heavy (non-hydrogen) atoms. The van der Waals surface area contributed by atoms with Crippen LogP contribution in [0.2, 0.25) is 0 Å². The number of carbonyl (C=O) groups is 2. The summed E-state index contributed by atoms with van der Waals surface area (Å²) >= 11 is 0. The molecule has 4 rings (SSSR count). The summed E-state index contributed by atoms with van der Waals surface area (Å²) in [5.41, 5.74) is 1.80. The van der Waals surface area contributed by atoms with Crippen LogP contribution in [0.25, 0.3) is 10.8 Å². The predicted octanol–water partition coefficient (Wildman–Crippen LogP) is 4.12. The number of sulfonamides is 1. The molecule has 0 aliphatic heterocycles. The van der Waals surface area contributed by atoms with Crippen molar-refractivity contribution in [1.29, 1.82) is 0 Å². The summed E-state index contributed by atoms with van der Waals surface area (Å²) in [7, 11) is -3.71. The zero-order valence-corrected chi connectivity index (χ0v) is 20.6. The summed E-state index contributed by atoms with van der Waals surface area (Å²) in [6.45, 7) is 1.97. The maximum Gasteiger partial charge on any atom is 0.251 e. The Morgan fingerprint density at radius 2 is 1.42 bits per heavy atom. The number of carbonyl (C=O) groups excluding carboxylic acids is 2. The summed E-state index contributed by atoms with van der Waals surface area (Å²) in [4.78, 5) is 26.5. The van der Waals surface area contributed by atoms with E-state index in [2.05, 4.69) is 15.4 Å². The number of fused-ring (bicyclic) bond motifs is 1. The third-order valence-corrected chi connectivity index (χ3v) is 7.31. The van der Waals surface area contributed by atoms with Crippen LogP contribution in [0.1, 0.15) is 22.8 Å². The Kier molecular flexibility index (Phi) is 7.77. The Bertz CT molecular complexity index is 1470. The van der Waals surface area contributed by atoms with Gasteiger partial charge in [0.2, 0.25) is 15.9 Å². The number of hydrogen-bond acceptors (Lipinski definition) is 4. The van der Waals surface area contributed by atoms with Crippen LogP contribution in [0.15, 0.2) is 102 Å². The number of anilines is 1. The molecular formula is C28H27N3O4S. The van der Waals surface area contributed by atoms with Crippen LogP contribution >= 0.6 is 0 Å². The molecule has 0 radical (unpaired) electrons. The SMILES string of the molecule is CCNS(=O)(=O)c1cccc2c(NC(=O)C(Cc3ccccc3)NC(=O)c3ccccc3)cccc12. The van der Waals surface area contributed by atoms with Gasteiger partial charge in [-0.1, -0.05) is 79.7 Å². The zero-order chi connectivity index (χ0) is 25.5. The first-order chi connectivity index (χ1) is 17.4. The first kappa shape index (κ1) is 25.1.